The molecule has 31 heavy (non-hydrogen) atoms. The van der Waals surface area contributed by atoms with Gasteiger partial charge in [-0.2, -0.15) is 0 Å². The summed E-state index contributed by atoms with van der Waals surface area (Å²) in [7, 11) is 0. The molecule has 0 aliphatic heterocycles. The van der Waals surface area contributed by atoms with Crippen molar-refractivity contribution in [3.05, 3.63) is 75.4 Å². The molecule has 0 radical (unpaired) electrons. The molecule has 0 atom stereocenters. The number of hydrogen-bond donors (Lipinski definition) is 2. The van der Waals surface area contributed by atoms with Crippen LogP contribution < -0.4 is 15.4 Å². The van der Waals surface area contributed by atoms with Crippen molar-refractivity contribution in [3.8, 4) is 5.75 Å². The summed E-state index contributed by atoms with van der Waals surface area (Å²) >= 11 is 7.35. The van der Waals surface area contributed by atoms with Crippen molar-refractivity contribution >= 4 is 39.8 Å². The molecule has 0 saturated heterocycles. The quantitative estimate of drug-likeness (QED) is 0.544. The molecule has 1 aliphatic carbocycles. The maximum atomic E-state index is 13.0. The summed E-state index contributed by atoms with van der Waals surface area (Å²) in [6.45, 7) is 0.227. The lowest BCUT2D eigenvalue weighted by molar-refractivity contribution is -0.118. The summed E-state index contributed by atoms with van der Waals surface area (Å²) in [5, 5.41) is 7.03. The normalized spacial score (nSPS) is 12.7. The minimum atomic E-state index is -0.310. The van der Waals surface area contributed by atoms with Crippen molar-refractivity contribution in [1.82, 2.24) is 10.3 Å². The van der Waals surface area contributed by atoms with Gasteiger partial charge in [-0.3, -0.25) is 14.6 Å². The molecule has 0 bridgehead atoms. The predicted octanol–water partition coefficient (Wildman–Crippen LogP) is 4.62. The van der Waals surface area contributed by atoms with E-state index in [0.29, 0.717) is 27.9 Å². The van der Waals surface area contributed by atoms with E-state index in [1.807, 2.05) is 12.1 Å². The maximum absolute atomic E-state index is 13.0. The first-order valence-electron chi connectivity index (χ1n) is 10.1. The van der Waals surface area contributed by atoms with Crippen LogP contribution in [-0.2, 0) is 24.2 Å². The first kappa shape index (κ1) is 21.3. The van der Waals surface area contributed by atoms with Crippen LogP contribution in [0.15, 0.2) is 48.8 Å². The van der Waals surface area contributed by atoms with Gasteiger partial charge in [0, 0.05) is 28.8 Å². The molecule has 0 fully saturated rings. The van der Waals surface area contributed by atoms with E-state index in [1.165, 1.54) is 16.2 Å². The van der Waals surface area contributed by atoms with Gasteiger partial charge in [0.1, 0.15) is 10.8 Å². The number of rotatable bonds is 7. The summed E-state index contributed by atoms with van der Waals surface area (Å²) in [4.78, 5) is 30.8. The van der Waals surface area contributed by atoms with Gasteiger partial charge in [0.25, 0.3) is 11.8 Å². The number of aromatic nitrogens is 1. The van der Waals surface area contributed by atoms with Crippen molar-refractivity contribution in [3.63, 3.8) is 0 Å². The van der Waals surface area contributed by atoms with Crippen LogP contribution in [0.1, 0.15) is 39.2 Å². The molecule has 1 aromatic carbocycles. The van der Waals surface area contributed by atoms with Gasteiger partial charge in [-0.15, -0.1) is 11.3 Å². The molecule has 6 nitrogen and oxygen atoms in total. The van der Waals surface area contributed by atoms with Crippen molar-refractivity contribution in [2.75, 3.05) is 11.9 Å². The number of nitrogens with zero attached hydrogens (tertiary/aromatic N) is 1. The van der Waals surface area contributed by atoms with Gasteiger partial charge in [-0.05, 0) is 67.1 Å². The summed E-state index contributed by atoms with van der Waals surface area (Å²) in [5.41, 5.74) is 2.54. The van der Waals surface area contributed by atoms with Gasteiger partial charge in [0.15, 0.2) is 6.61 Å². The number of carbonyl (C=O) groups is 2. The Kier molecular flexibility index (Phi) is 6.84. The van der Waals surface area contributed by atoms with Crippen LogP contribution in [0.2, 0.25) is 5.02 Å². The topological polar surface area (TPSA) is 80.3 Å². The highest BCUT2D eigenvalue weighted by atomic mass is 35.5. The van der Waals surface area contributed by atoms with Crippen LogP contribution in [0.25, 0.3) is 0 Å². The van der Waals surface area contributed by atoms with Crippen LogP contribution in [0.4, 0.5) is 5.00 Å². The lowest BCUT2D eigenvalue weighted by Gasteiger charge is -2.13. The van der Waals surface area contributed by atoms with Crippen molar-refractivity contribution in [1.29, 1.82) is 0 Å². The molecule has 0 saturated carbocycles. The van der Waals surface area contributed by atoms with E-state index in [0.717, 1.165) is 36.8 Å². The second-order valence-electron chi connectivity index (χ2n) is 7.25. The van der Waals surface area contributed by atoms with Crippen molar-refractivity contribution in [2.24, 2.45) is 0 Å². The highest BCUT2D eigenvalue weighted by Gasteiger charge is 2.26. The molecular weight excluding hydrogens is 434 g/mol. The standard InChI is InChI=1S/C23H22ClN3O3S/c24-16-7-9-17(10-8-16)30-14-20(28)27-23-21(18-5-1-2-6-19(18)31-23)22(29)26-13-15-4-3-11-25-12-15/h3-4,7-12H,1-2,5-6,13-14H2,(H,26,29)(H,27,28). The first-order valence-corrected chi connectivity index (χ1v) is 11.3. The fourth-order valence-corrected chi connectivity index (χ4v) is 4.94. The highest BCUT2D eigenvalue weighted by molar-refractivity contribution is 7.17. The number of nitrogens with one attached hydrogen (secondary N) is 2. The fourth-order valence-electron chi connectivity index (χ4n) is 3.51. The number of benzene rings is 1. The monoisotopic (exact) mass is 455 g/mol. The molecule has 2 N–H and O–H groups in total. The number of aryl methyl sites for hydroxylation is 1. The predicted molar refractivity (Wildman–Crippen MR) is 122 cm³/mol. The number of carbonyl (C=O) groups excluding carboxylic acids is 2. The minimum Gasteiger partial charge on any atom is -0.484 e. The van der Waals surface area contributed by atoms with Crippen LogP contribution in [0.3, 0.4) is 0 Å². The van der Waals surface area contributed by atoms with Gasteiger partial charge in [-0.1, -0.05) is 17.7 Å². The number of amides is 2. The van der Waals surface area contributed by atoms with Gasteiger partial charge in [-0.25, -0.2) is 0 Å². The number of thiophene rings is 1. The second kappa shape index (κ2) is 9.94. The second-order valence-corrected chi connectivity index (χ2v) is 8.79. The Hall–Kier alpha value is -2.90. The molecule has 3 aromatic rings. The largest absolute Gasteiger partial charge is 0.484 e. The summed E-state index contributed by atoms with van der Waals surface area (Å²) < 4.78 is 5.53. The average molecular weight is 456 g/mol. The number of pyridine rings is 1. The van der Waals surface area contributed by atoms with Crippen LogP contribution >= 0.6 is 22.9 Å². The molecule has 0 spiro atoms. The Morgan fingerprint density at radius 1 is 1.13 bits per heavy atom. The third-order valence-electron chi connectivity index (χ3n) is 5.01. The zero-order valence-electron chi connectivity index (χ0n) is 16.8. The lowest BCUT2D eigenvalue weighted by atomic mass is 9.95. The molecule has 2 aromatic heterocycles. The Morgan fingerprint density at radius 2 is 1.94 bits per heavy atom. The third-order valence-corrected chi connectivity index (χ3v) is 6.47. The molecule has 8 heteroatoms. The smallest absolute Gasteiger partial charge is 0.262 e. The van der Waals surface area contributed by atoms with E-state index < -0.39 is 0 Å². The van der Waals surface area contributed by atoms with Gasteiger partial charge < -0.3 is 15.4 Å². The van der Waals surface area contributed by atoms with E-state index in [1.54, 1.807) is 36.7 Å². The van der Waals surface area contributed by atoms with Crippen molar-refractivity contribution in [2.45, 2.75) is 32.2 Å². The molecule has 4 rings (SSSR count). The Labute approximate surface area is 189 Å². The van der Waals surface area contributed by atoms with E-state index in [4.69, 9.17) is 16.3 Å². The fraction of sp³-hybridized carbons (Fsp3) is 0.261. The van der Waals surface area contributed by atoms with E-state index in [-0.39, 0.29) is 18.4 Å². The molecule has 1 aliphatic rings. The van der Waals surface area contributed by atoms with Crippen LogP contribution in [0, 0.1) is 0 Å². The number of halogens is 1. The Bertz CT molecular complexity index is 1070. The molecule has 0 unspecified atom stereocenters. The number of hydrogen-bond acceptors (Lipinski definition) is 5. The first-order chi connectivity index (χ1) is 15.1. The van der Waals surface area contributed by atoms with Crippen LogP contribution in [-0.4, -0.2) is 23.4 Å². The van der Waals surface area contributed by atoms with E-state index in [9.17, 15) is 9.59 Å². The number of fused-ring (bicyclic) bond motifs is 1. The molecular formula is C23H22ClN3O3S. The zero-order valence-corrected chi connectivity index (χ0v) is 18.4. The van der Waals surface area contributed by atoms with E-state index >= 15 is 0 Å². The highest BCUT2D eigenvalue weighted by Crippen LogP contribution is 2.38. The molecule has 2 amide bonds. The maximum Gasteiger partial charge on any atom is 0.262 e. The SMILES string of the molecule is O=C(COc1ccc(Cl)cc1)Nc1sc2c(c1C(=O)NCc1cccnc1)CCCC2. The Balaban J connectivity index is 1.46. The van der Waals surface area contributed by atoms with Gasteiger partial charge in [0.05, 0.1) is 5.56 Å². The number of anilines is 1. The molecule has 160 valence electrons. The minimum absolute atomic E-state index is 0.152. The zero-order chi connectivity index (χ0) is 21.6. The van der Waals surface area contributed by atoms with Gasteiger partial charge >= 0.3 is 0 Å². The summed E-state index contributed by atoms with van der Waals surface area (Å²) in [5.74, 6) is 0.0616. The lowest BCUT2D eigenvalue weighted by Crippen LogP contribution is -2.26. The number of ether oxygens (including phenoxy) is 1. The Morgan fingerprint density at radius 3 is 2.71 bits per heavy atom. The van der Waals surface area contributed by atoms with E-state index in [2.05, 4.69) is 15.6 Å². The third kappa shape index (κ3) is 5.42. The van der Waals surface area contributed by atoms with Crippen molar-refractivity contribution < 1.29 is 14.3 Å². The average Bonchev–Trinajstić information content (AvgIpc) is 3.15. The molecule has 2 heterocycles. The van der Waals surface area contributed by atoms with Crippen LogP contribution in [0.5, 0.6) is 5.75 Å². The summed E-state index contributed by atoms with van der Waals surface area (Å²) in [6.07, 6.45) is 7.33. The van der Waals surface area contributed by atoms with Gasteiger partial charge in [0.2, 0.25) is 0 Å². The summed E-state index contributed by atoms with van der Waals surface area (Å²) in [6, 6.07) is 10.6.